The Morgan fingerprint density at radius 2 is 0.922 bits per heavy atom. The van der Waals surface area contributed by atoms with E-state index in [2.05, 4.69) is 191 Å². The van der Waals surface area contributed by atoms with Crippen LogP contribution in [-0.2, 0) is 0 Å². The van der Waals surface area contributed by atoms with Crippen molar-refractivity contribution in [3.8, 4) is 33.6 Å². The Labute approximate surface area is 298 Å². The van der Waals surface area contributed by atoms with Gasteiger partial charge in [0.2, 0.25) is 0 Å². The van der Waals surface area contributed by atoms with E-state index in [4.69, 9.17) is 0 Å². The number of thiophene rings is 1. The molecule has 0 saturated carbocycles. The molecule has 0 aliphatic rings. The van der Waals surface area contributed by atoms with Crippen LogP contribution < -0.4 is 0 Å². The summed E-state index contributed by atoms with van der Waals surface area (Å²) in [5, 5.41) is 7.65. The SMILES string of the molecule is c1ccc(-c2ccc3c(c2)c2ccc4c5ccccc5n(-c5ccccc5)c4c2n3-c2ccc(-c3cccc4c3sc3ccccc34)cc2)cc1. The molecule has 51 heavy (non-hydrogen) atoms. The molecule has 0 aliphatic carbocycles. The molecule has 3 heterocycles. The van der Waals surface area contributed by atoms with Gasteiger partial charge in [-0.15, -0.1) is 11.3 Å². The summed E-state index contributed by atoms with van der Waals surface area (Å²) in [5.41, 5.74) is 12.1. The van der Waals surface area contributed by atoms with Crippen molar-refractivity contribution in [3.05, 3.63) is 182 Å². The minimum absolute atomic E-state index is 1.15. The van der Waals surface area contributed by atoms with Crippen molar-refractivity contribution >= 4 is 75.1 Å². The zero-order valence-electron chi connectivity index (χ0n) is 27.6. The molecule has 11 aromatic rings. The van der Waals surface area contributed by atoms with Crippen LogP contribution >= 0.6 is 11.3 Å². The second-order valence-electron chi connectivity index (χ2n) is 13.3. The predicted molar refractivity (Wildman–Crippen MR) is 219 cm³/mol. The van der Waals surface area contributed by atoms with E-state index in [-0.39, 0.29) is 0 Å². The summed E-state index contributed by atoms with van der Waals surface area (Å²) < 4.78 is 7.61. The fourth-order valence-corrected chi connectivity index (χ4v) is 9.48. The molecule has 0 atom stereocenters. The van der Waals surface area contributed by atoms with E-state index in [1.807, 2.05) is 11.3 Å². The Bertz CT molecular complexity index is 3110. The third kappa shape index (κ3) is 4.22. The van der Waals surface area contributed by atoms with Crippen molar-refractivity contribution in [1.82, 2.24) is 9.13 Å². The Morgan fingerprint density at radius 1 is 0.333 bits per heavy atom. The highest BCUT2D eigenvalue weighted by molar-refractivity contribution is 7.26. The van der Waals surface area contributed by atoms with Crippen molar-refractivity contribution in [1.29, 1.82) is 0 Å². The molecule has 0 bridgehead atoms. The van der Waals surface area contributed by atoms with Crippen molar-refractivity contribution in [2.45, 2.75) is 0 Å². The van der Waals surface area contributed by atoms with Crippen LogP contribution in [0.1, 0.15) is 0 Å². The van der Waals surface area contributed by atoms with E-state index < -0.39 is 0 Å². The van der Waals surface area contributed by atoms with Gasteiger partial charge in [-0.1, -0.05) is 133 Å². The Hall–Kier alpha value is -6.42. The fourth-order valence-electron chi connectivity index (χ4n) is 8.24. The Kier molecular flexibility index (Phi) is 6.16. The van der Waals surface area contributed by atoms with Gasteiger partial charge >= 0.3 is 0 Å². The maximum absolute atomic E-state index is 2.49. The highest BCUT2D eigenvalue weighted by Gasteiger charge is 2.22. The fraction of sp³-hybridized carbons (Fsp3) is 0. The van der Waals surface area contributed by atoms with Crippen LogP contribution in [0, 0.1) is 0 Å². The molecule has 2 nitrogen and oxygen atoms in total. The maximum atomic E-state index is 2.49. The molecule has 8 aromatic carbocycles. The average Bonchev–Trinajstić information content (AvgIpc) is 3.86. The van der Waals surface area contributed by atoms with E-state index in [9.17, 15) is 0 Å². The van der Waals surface area contributed by atoms with Gasteiger partial charge in [-0.2, -0.15) is 0 Å². The van der Waals surface area contributed by atoms with Crippen LogP contribution in [0.2, 0.25) is 0 Å². The number of hydrogen-bond acceptors (Lipinski definition) is 1. The smallest absolute Gasteiger partial charge is 0.0788 e. The third-order valence-electron chi connectivity index (χ3n) is 10.5. The lowest BCUT2D eigenvalue weighted by Crippen LogP contribution is -1.98. The second-order valence-corrected chi connectivity index (χ2v) is 14.4. The topological polar surface area (TPSA) is 9.86 Å². The summed E-state index contributed by atoms with van der Waals surface area (Å²) in [6, 6.07) is 66.6. The number of hydrogen-bond donors (Lipinski definition) is 0. The molecule has 0 amide bonds. The van der Waals surface area contributed by atoms with Gasteiger partial charge in [-0.25, -0.2) is 0 Å². The van der Waals surface area contributed by atoms with Crippen LogP contribution in [0.25, 0.3) is 97.4 Å². The monoisotopic (exact) mass is 666 g/mol. The minimum atomic E-state index is 1.15. The van der Waals surface area contributed by atoms with Gasteiger partial charge in [-0.05, 0) is 70.8 Å². The van der Waals surface area contributed by atoms with Crippen molar-refractivity contribution < 1.29 is 0 Å². The molecule has 3 heteroatoms. The minimum Gasteiger partial charge on any atom is -0.307 e. The largest absolute Gasteiger partial charge is 0.307 e. The summed E-state index contributed by atoms with van der Waals surface area (Å²) in [4.78, 5) is 0. The Morgan fingerprint density at radius 3 is 1.71 bits per heavy atom. The first-order chi connectivity index (χ1) is 25.3. The quantitative estimate of drug-likeness (QED) is 0.177. The highest BCUT2D eigenvalue weighted by atomic mass is 32.1. The van der Waals surface area contributed by atoms with Crippen molar-refractivity contribution in [2.24, 2.45) is 0 Å². The molecule has 0 aliphatic heterocycles. The van der Waals surface area contributed by atoms with Crippen LogP contribution in [0.3, 0.4) is 0 Å². The number of para-hydroxylation sites is 2. The predicted octanol–water partition coefficient (Wildman–Crippen LogP) is 13.6. The van der Waals surface area contributed by atoms with Gasteiger partial charge in [0.1, 0.15) is 0 Å². The lowest BCUT2D eigenvalue weighted by molar-refractivity contribution is 1.15. The molecular formula is C48H30N2S. The Balaban J connectivity index is 1.21. The van der Waals surface area contributed by atoms with Crippen molar-refractivity contribution in [3.63, 3.8) is 0 Å². The zero-order valence-corrected chi connectivity index (χ0v) is 28.4. The van der Waals surface area contributed by atoms with Crippen LogP contribution in [0.4, 0.5) is 0 Å². The highest BCUT2D eigenvalue weighted by Crippen LogP contribution is 2.44. The molecule has 0 radical (unpaired) electrons. The normalized spacial score (nSPS) is 11.9. The first-order valence-electron chi connectivity index (χ1n) is 17.4. The molecular weight excluding hydrogens is 637 g/mol. The van der Waals surface area contributed by atoms with Crippen LogP contribution in [0.15, 0.2) is 182 Å². The molecule has 11 rings (SSSR count). The summed E-state index contributed by atoms with van der Waals surface area (Å²) >= 11 is 1.88. The molecule has 0 saturated heterocycles. The van der Waals surface area contributed by atoms with E-state index in [0.29, 0.717) is 0 Å². The molecule has 238 valence electrons. The standard InChI is InChI=1S/C48H30N2S/c1-3-12-31(13-4-1)33-24-29-44-42(30-33)40-28-27-39-37-16-7-9-20-43(37)49(34-14-5-2-6-15-34)46(39)47(40)50(44)35-25-22-32(23-26-35)36-18-11-19-41-38-17-8-10-21-45(38)51-48(36)41/h1-30H. The third-order valence-corrected chi connectivity index (χ3v) is 11.7. The van der Waals surface area contributed by atoms with E-state index >= 15 is 0 Å². The second kappa shape index (κ2) is 11.0. The number of fused-ring (bicyclic) bond motifs is 10. The molecule has 0 N–H and O–H groups in total. The first-order valence-corrected chi connectivity index (χ1v) is 18.3. The van der Waals surface area contributed by atoms with Crippen molar-refractivity contribution in [2.75, 3.05) is 0 Å². The van der Waals surface area contributed by atoms with E-state index in [0.717, 1.165) is 11.4 Å². The summed E-state index contributed by atoms with van der Waals surface area (Å²) in [6.07, 6.45) is 0. The van der Waals surface area contributed by atoms with E-state index in [1.165, 1.54) is 86.0 Å². The zero-order chi connectivity index (χ0) is 33.5. The molecule has 0 spiro atoms. The summed E-state index contributed by atoms with van der Waals surface area (Å²) in [6.45, 7) is 0. The lowest BCUT2D eigenvalue weighted by atomic mass is 10.0. The summed E-state index contributed by atoms with van der Waals surface area (Å²) in [7, 11) is 0. The number of aromatic nitrogens is 2. The average molecular weight is 667 g/mol. The number of nitrogens with zero attached hydrogens (tertiary/aromatic N) is 2. The van der Waals surface area contributed by atoms with Crippen LogP contribution in [-0.4, -0.2) is 9.13 Å². The number of benzene rings is 8. The summed E-state index contributed by atoms with van der Waals surface area (Å²) in [5.74, 6) is 0. The van der Waals surface area contributed by atoms with Gasteiger partial charge < -0.3 is 9.13 Å². The van der Waals surface area contributed by atoms with Gasteiger partial charge in [0.05, 0.1) is 22.1 Å². The van der Waals surface area contributed by atoms with Gasteiger partial charge in [-0.3, -0.25) is 0 Å². The van der Waals surface area contributed by atoms with E-state index in [1.54, 1.807) is 0 Å². The first kappa shape index (κ1) is 28.4. The lowest BCUT2D eigenvalue weighted by Gasteiger charge is -2.13. The van der Waals surface area contributed by atoms with Gasteiger partial charge in [0.15, 0.2) is 0 Å². The molecule has 3 aromatic heterocycles. The number of rotatable bonds is 4. The molecule has 0 fully saturated rings. The maximum Gasteiger partial charge on any atom is 0.0788 e. The van der Waals surface area contributed by atoms with Gasteiger partial charge in [0.25, 0.3) is 0 Å². The van der Waals surface area contributed by atoms with Crippen LogP contribution in [0.5, 0.6) is 0 Å². The molecule has 0 unspecified atom stereocenters. The van der Waals surface area contributed by atoms with Gasteiger partial charge in [0, 0.05) is 53.1 Å².